The molecule has 1 aromatic heterocycles. The summed E-state index contributed by atoms with van der Waals surface area (Å²) in [6.07, 6.45) is 16.6. The van der Waals surface area contributed by atoms with Crippen LogP contribution >= 0.6 is 0 Å². The second-order valence-corrected chi connectivity index (χ2v) is 10.0. The SMILES string of the molecule is CCC1=C(CC)/C2=C/c3[nH]c(c(C)c3CC)/C=C3/C=CC(O)/C(=C/C4=NC(=C\C1=N2)/C(CC)=C4C)C3. The number of hydrogen-bond donors (Lipinski definition) is 2. The van der Waals surface area contributed by atoms with E-state index in [9.17, 15) is 5.11 Å². The summed E-state index contributed by atoms with van der Waals surface area (Å²) >= 11 is 0. The molecule has 1 atom stereocenters. The van der Waals surface area contributed by atoms with Crippen LogP contribution in [0, 0.1) is 6.92 Å². The topological polar surface area (TPSA) is 60.7 Å². The maximum absolute atomic E-state index is 10.8. The minimum atomic E-state index is -0.590. The van der Waals surface area contributed by atoms with Crippen molar-refractivity contribution in [2.75, 3.05) is 0 Å². The molecule has 5 rings (SSSR count). The number of aliphatic hydroxyl groups is 1. The molecule has 36 heavy (non-hydrogen) atoms. The Morgan fingerprint density at radius 1 is 0.806 bits per heavy atom. The van der Waals surface area contributed by atoms with Crippen molar-refractivity contribution in [2.45, 2.75) is 79.8 Å². The smallest absolute Gasteiger partial charge is 0.0942 e. The van der Waals surface area contributed by atoms with E-state index in [4.69, 9.17) is 9.98 Å². The number of nitrogens with zero attached hydrogens (tertiary/aromatic N) is 2. The molecule has 3 aliphatic heterocycles. The lowest BCUT2D eigenvalue weighted by Gasteiger charge is -2.18. The fraction of sp³-hybridized carbons (Fsp3) is 0.375. The van der Waals surface area contributed by atoms with Crippen LogP contribution in [0.15, 0.2) is 79.1 Å². The molecule has 4 nitrogen and oxygen atoms in total. The molecule has 1 unspecified atom stereocenters. The minimum absolute atomic E-state index is 0.590. The highest BCUT2D eigenvalue weighted by Gasteiger charge is 2.26. The number of aromatic amines is 1. The first-order valence-corrected chi connectivity index (χ1v) is 13.4. The third-order valence-electron chi connectivity index (χ3n) is 7.96. The molecule has 4 aliphatic rings. The predicted molar refractivity (Wildman–Crippen MR) is 152 cm³/mol. The average Bonchev–Trinajstić information content (AvgIpc) is 3.45. The number of allylic oxidation sites excluding steroid dienone is 8. The Balaban J connectivity index is 1.80. The third kappa shape index (κ3) is 4.08. The number of hydrogen-bond acceptors (Lipinski definition) is 3. The van der Waals surface area contributed by atoms with E-state index in [1.54, 1.807) is 0 Å². The van der Waals surface area contributed by atoms with Gasteiger partial charge in [0.05, 0.1) is 28.9 Å². The summed E-state index contributed by atoms with van der Waals surface area (Å²) < 4.78 is 0. The van der Waals surface area contributed by atoms with Crippen molar-refractivity contribution in [2.24, 2.45) is 9.98 Å². The summed E-state index contributed by atoms with van der Waals surface area (Å²) in [6, 6.07) is 0. The van der Waals surface area contributed by atoms with Crippen LogP contribution < -0.4 is 0 Å². The first-order valence-electron chi connectivity index (χ1n) is 13.4. The third-order valence-corrected chi connectivity index (χ3v) is 7.96. The molecule has 0 fully saturated rings. The minimum Gasteiger partial charge on any atom is -0.385 e. The van der Waals surface area contributed by atoms with E-state index in [2.05, 4.69) is 76.9 Å². The largest absolute Gasteiger partial charge is 0.385 e. The van der Waals surface area contributed by atoms with Gasteiger partial charge in [0.15, 0.2) is 0 Å². The maximum Gasteiger partial charge on any atom is 0.0942 e. The molecule has 4 heterocycles. The van der Waals surface area contributed by atoms with Crippen molar-refractivity contribution in [3.63, 3.8) is 0 Å². The molecule has 8 bridgehead atoms. The summed E-state index contributed by atoms with van der Waals surface area (Å²) in [5, 5.41) is 10.8. The quantitative estimate of drug-likeness (QED) is 0.461. The number of rotatable bonds is 4. The molecule has 0 saturated heterocycles. The number of nitrogens with one attached hydrogen (secondary N) is 1. The number of aliphatic imine (C=N–C) groups is 2. The van der Waals surface area contributed by atoms with Crippen molar-refractivity contribution >= 4 is 23.6 Å². The van der Waals surface area contributed by atoms with Crippen LogP contribution in [0.1, 0.15) is 82.8 Å². The monoisotopic (exact) mass is 479 g/mol. The van der Waals surface area contributed by atoms with Crippen LogP contribution in [-0.4, -0.2) is 27.6 Å². The molecule has 1 aliphatic carbocycles. The van der Waals surface area contributed by atoms with Crippen LogP contribution in [0.2, 0.25) is 0 Å². The zero-order chi connectivity index (χ0) is 25.6. The van der Waals surface area contributed by atoms with Gasteiger partial charge in [-0.1, -0.05) is 39.8 Å². The molecule has 2 N–H and O–H groups in total. The van der Waals surface area contributed by atoms with E-state index in [-0.39, 0.29) is 0 Å². The normalized spacial score (nSPS) is 27.1. The van der Waals surface area contributed by atoms with Gasteiger partial charge in [-0.05, 0) is 115 Å². The van der Waals surface area contributed by atoms with Crippen molar-refractivity contribution in [3.05, 3.63) is 91.7 Å². The summed E-state index contributed by atoms with van der Waals surface area (Å²) in [4.78, 5) is 13.9. The lowest BCUT2D eigenvalue weighted by molar-refractivity contribution is 0.254. The molecule has 1 aromatic rings. The zero-order valence-electron chi connectivity index (χ0n) is 22.4. The fourth-order valence-electron chi connectivity index (χ4n) is 5.94. The van der Waals surface area contributed by atoms with E-state index in [1.807, 2.05) is 6.08 Å². The van der Waals surface area contributed by atoms with Gasteiger partial charge in [0.1, 0.15) is 0 Å². The predicted octanol–water partition coefficient (Wildman–Crippen LogP) is 7.51. The average molecular weight is 480 g/mol. The van der Waals surface area contributed by atoms with Crippen LogP contribution in [0.4, 0.5) is 0 Å². The van der Waals surface area contributed by atoms with Gasteiger partial charge in [0, 0.05) is 11.4 Å². The molecule has 0 radical (unpaired) electrons. The molecule has 4 heteroatoms. The number of fused-ring (bicyclic) bond motifs is 6. The number of aliphatic hydroxyl groups excluding tert-OH is 1. The number of H-pyrrole nitrogens is 1. The van der Waals surface area contributed by atoms with Gasteiger partial charge in [-0.3, -0.25) is 0 Å². The summed E-state index contributed by atoms with van der Waals surface area (Å²) in [5.41, 5.74) is 16.2. The fourth-order valence-corrected chi connectivity index (χ4v) is 5.94. The van der Waals surface area contributed by atoms with E-state index in [1.165, 1.54) is 39.0 Å². The van der Waals surface area contributed by atoms with E-state index >= 15 is 0 Å². The summed E-state index contributed by atoms with van der Waals surface area (Å²) in [7, 11) is 0. The first-order chi connectivity index (χ1) is 17.4. The van der Waals surface area contributed by atoms with Crippen LogP contribution in [0.5, 0.6) is 0 Å². The van der Waals surface area contributed by atoms with E-state index < -0.39 is 6.10 Å². The Morgan fingerprint density at radius 2 is 1.50 bits per heavy atom. The van der Waals surface area contributed by atoms with Gasteiger partial charge in [-0.2, -0.15) is 0 Å². The Kier molecular flexibility index (Phi) is 6.57. The van der Waals surface area contributed by atoms with Gasteiger partial charge in [-0.25, -0.2) is 9.98 Å². The van der Waals surface area contributed by atoms with Gasteiger partial charge in [-0.15, -0.1) is 0 Å². The second-order valence-electron chi connectivity index (χ2n) is 10.0. The molecular formula is C32H37N3O. The Labute approximate surface area is 215 Å². The first kappa shape index (κ1) is 24.5. The molecule has 0 saturated carbocycles. The molecular weight excluding hydrogens is 442 g/mol. The zero-order valence-corrected chi connectivity index (χ0v) is 22.4. The van der Waals surface area contributed by atoms with Crippen LogP contribution in [-0.2, 0) is 6.42 Å². The lowest BCUT2D eigenvalue weighted by atomic mass is 9.91. The highest BCUT2D eigenvalue weighted by Crippen LogP contribution is 2.37. The summed E-state index contributed by atoms with van der Waals surface area (Å²) in [6.45, 7) is 13.2. The Hall–Kier alpha value is -3.24. The molecule has 186 valence electrons. The molecule has 0 amide bonds. The van der Waals surface area contributed by atoms with Crippen LogP contribution in [0.3, 0.4) is 0 Å². The maximum atomic E-state index is 10.8. The number of aromatic nitrogens is 1. The van der Waals surface area contributed by atoms with Gasteiger partial charge >= 0.3 is 0 Å². The Morgan fingerprint density at radius 3 is 2.19 bits per heavy atom. The Bertz CT molecular complexity index is 1410. The molecule has 0 spiro atoms. The van der Waals surface area contributed by atoms with Crippen molar-refractivity contribution in [1.29, 1.82) is 0 Å². The second kappa shape index (κ2) is 9.67. The summed E-state index contributed by atoms with van der Waals surface area (Å²) in [5.74, 6) is 0. The van der Waals surface area contributed by atoms with Gasteiger partial charge in [0.25, 0.3) is 0 Å². The van der Waals surface area contributed by atoms with Crippen molar-refractivity contribution in [1.82, 2.24) is 4.98 Å². The standard InChI is InChI=1S/C32H37N3O/c1-7-22-18(5)26-14-20-11-12-32(36)21(13-20)15-27-19(6)23(8-2)29(34-27)17-31-25(10-4)24(9-3)30(35-31)16-28(22)33-26/h11-12,14-17,32-33,36H,7-10,13H2,1-6H3/b20-14-,21-15+,29-17-,30-16-. The molecule has 0 aromatic carbocycles. The van der Waals surface area contributed by atoms with Crippen LogP contribution in [0.25, 0.3) is 12.2 Å². The highest BCUT2D eigenvalue weighted by atomic mass is 16.3. The van der Waals surface area contributed by atoms with Crippen molar-refractivity contribution < 1.29 is 5.11 Å². The van der Waals surface area contributed by atoms with E-state index in [0.29, 0.717) is 6.42 Å². The lowest BCUT2D eigenvalue weighted by Crippen LogP contribution is -2.13. The highest BCUT2D eigenvalue weighted by molar-refractivity contribution is 6.16. The van der Waals surface area contributed by atoms with Gasteiger partial charge < -0.3 is 10.1 Å². The van der Waals surface area contributed by atoms with Gasteiger partial charge in [0.2, 0.25) is 0 Å². The van der Waals surface area contributed by atoms with E-state index in [0.717, 1.165) is 65.5 Å². The van der Waals surface area contributed by atoms with Crippen molar-refractivity contribution in [3.8, 4) is 0 Å².